The molecule has 0 spiro atoms. The van der Waals surface area contributed by atoms with E-state index in [2.05, 4.69) is 9.97 Å². The highest BCUT2D eigenvalue weighted by molar-refractivity contribution is 8.10. The Bertz CT molecular complexity index is 1610. The van der Waals surface area contributed by atoms with Crippen molar-refractivity contribution < 1.29 is 23.3 Å². The standard InChI is InChI=1S/C24H17FN7O3S/c1-30-12-29-16-10-28-11-18(21(16)30)32-23(33)22-17(31(24(32)34)5-3-4-26)8-20(36-22)14-7-19(35-2)15(25)6-13(14)9-27/h6-8,10-12,22H,3,5H2,1-2H3/q+1. The van der Waals surface area contributed by atoms with Gasteiger partial charge in [0.05, 0.1) is 50.0 Å². The number of imide groups is 1. The quantitative estimate of drug-likeness (QED) is 0.487. The summed E-state index contributed by atoms with van der Waals surface area (Å²) in [6, 6.07) is 5.86. The average Bonchev–Trinajstić information content (AvgIpc) is 3.49. The van der Waals surface area contributed by atoms with E-state index in [-0.39, 0.29) is 30.0 Å². The first-order valence-electron chi connectivity index (χ1n) is 10.7. The number of thioether (sulfide) groups is 1. The molecular formula is C24H17FN7O3S+. The molecule has 1 aromatic carbocycles. The Morgan fingerprint density at radius 1 is 1.28 bits per heavy atom. The summed E-state index contributed by atoms with van der Waals surface area (Å²) >= 11 is 1.14. The van der Waals surface area contributed by atoms with Crippen molar-refractivity contribution in [1.29, 1.82) is 10.5 Å². The average molecular weight is 503 g/mol. The number of fused-ring (bicyclic) bond motifs is 2. The molecule has 0 saturated carbocycles. The van der Waals surface area contributed by atoms with Crippen LogP contribution in [0.4, 0.5) is 14.9 Å². The Morgan fingerprint density at radius 3 is 2.81 bits per heavy atom. The smallest absolute Gasteiger partial charge is 0.494 e. The van der Waals surface area contributed by atoms with Crippen LogP contribution in [-0.2, 0) is 11.8 Å². The topological polar surface area (TPSA) is 128 Å². The van der Waals surface area contributed by atoms with Crippen molar-refractivity contribution in [3.05, 3.63) is 53.9 Å². The van der Waals surface area contributed by atoms with Crippen LogP contribution in [0.1, 0.15) is 17.5 Å². The minimum atomic E-state index is -0.831. The number of nitrogens with zero attached hydrogens (tertiary/aromatic N) is 7. The van der Waals surface area contributed by atoms with Crippen LogP contribution in [0.5, 0.6) is 5.75 Å². The van der Waals surface area contributed by atoms with E-state index in [1.54, 1.807) is 24.0 Å². The largest absolute Gasteiger partial charge is 0.506 e. The van der Waals surface area contributed by atoms with Crippen molar-refractivity contribution in [2.45, 2.75) is 11.7 Å². The van der Waals surface area contributed by atoms with E-state index < -0.39 is 23.0 Å². The number of nitriles is 2. The Morgan fingerprint density at radius 2 is 2.08 bits per heavy atom. The summed E-state index contributed by atoms with van der Waals surface area (Å²) in [6.45, 7) is 0.0575. The maximum absolute atomic E-state index is 14.2. The van der Waals surface area contributed by atoms with Gasteiger partial charge in [0.1, 0.15) is 23.3 Å². The molecule has 178 valence electrons. The van der Waals surface area contributed by atoms with Crippen LogP contribution < -0.4 is 9.64 Å². The van der Waals surface area contributed by atoms with E-state index in [0.717, 1.165) is 22.7 Å². The maximum atomic E-state index is 14.2. The van der Waals surface area contributed by atoms with Gasteiger partial charge in [0, 0.05) is 17.5 Å². The van der Waals surface area contributed by atoms with Gasteiger partial charge < -0.3 is 9.30 Å². The summed E-state index contributed by atoms with van der Waals surface area (Å²) < 4.78 is 22.4. The van der Waals surface area contributed by atoms with Crippen molar-refractivity contribution in [3.63, 3.8) is 0 Å². The first-order valence-corrected chi connectivity index (χ1v) is 11.6. The fraction of sp³-hybridized carbons (Fsp3) is 0.208. The molecule has 0 saturated heterocycles. The molecule has 4 heterocycles. The first-order chi connectivity index (χ1) is 17.4. The number of hydrogen-bond acceptors (Lipinski definition) is 8. The highest BCUT2D eigenvalue weighted by atomic mass is 32.2. The number of hydrogen-bond donors (Lipinski definition) is 0. The molecule has 36 heavy (non-hydrogen) atoms. The van der Waals surface area contributed by atoms with Crippen LogP contribution >= 0.6 is 11.8 Å². The number of rotatable bonds is 5. The number of urea groups is 1. The summed E-state index contributed by atoms with van der Waals surface area (Å²) in [6.07, 6.45) is 6.21. The number of pyridine rings is 1. The Balaban J connectivity index is 1.65. The van der Waals surface area contributed by atoms with Crippen molar-refractivity contribution in [3.8, 4) is 17.9 Å². The van der Waals surface area contributed by atoms with Gasteiger partial charge in [-0.3, -0.25) is 4.98 Å². The molecule has 0 bridgehead atoms. The predicted molar refractivity (Wildman–Crippen MR) is 129 cm³/mol. The number of imidazole rings is 1. The molecule has 10 nitrogen and oxygen atoms in total. The number of benzene rings is 1. The minimum absolute atomic E-state index is 0.0415. The third kappa shape index (κ3) is 3.51. The van der Waals surface area contributed by atoms with E-state index in [0.29, 0.717) is 27.2 Å². The molecule has 0 N–H and O–H groups in total. The number of aryl methyl sites for hydroxylation is 1. The van der Waals surface area contributed by atoms with E-state index in [1.165, 1.54) is 30.1 Å². The number of ether oxygens (including phenoxy) is 1. The zero-order valence-electron chi connectivity index (χ0n) is 19.1. The lowest BCUT2D eigenvalue weighted by atomic mass is 10.0. The van der Waals surface area contributed by atoms with Gasteiger partial charge in [0.2, 0.25) is 0 Å². The van der Waals surface area contributed by atoms with Gasteiger partial charge in [-0.1, -0.05) is 0 Å². The number of carbonyl (C=O) groups is 2. The summed E-state index contributed by atoms with van der Waals surface area (Å²) in [7, 11) is 3.06. The SMILES string of the molecule is COc1cc(C2=CC3=[N+](CCC#N)C(=O)N(c4cncc5ncn(C)c45)C(=O)C3S2)c(C#N)cc1F. The monoisotopic (exact) mass is 502 g/mol. The van der Waals surface area contributed by atoms with Crippen LogP contribution in [0, 0.1) is 28.5 Å². The highest BCUT2D eigenvalue weighted by Crippen LogP contribution is 2.43. The predicted octanol–water partition coefficient (Wildman–Crippen LogP) is 2.98. The first kappa shape index (κ1) is 23.2. The molecule has 3 aromatic rings. The van der Waals surface area contributed by atoms with Crippen LogP contribution in [0.2, 0.25) is 0 Å². The zero-order valence-corrected chi connectivity index (χ0v) is 19.9. The number of aromatic nitrogens is 3. The van der Waals surface area contributed by atoms with Crippen molar-refractivity contribution in [2.75, 3.05) is 18.6 Å². The van der Waals surface area contributed by atoms with E-state index in [9.17, 15) is 24.5 Å². The second kappa shape index (κ2) is 8.91. The fourth-order valence-corrected chi connectivity index (χ4v) is 5.54. The van der Waals surface area contributed by atoms with E-state index in [1.807, 2.05) is 12.1 Å². The minimum Gasteiger partial charge on any atom is -0.494 e. The molecule has 1 atom stereocenters. The molecule has 1 unspecified atom stereocenters. The number of anilines is 1. The van der Waals surface area contributed by atoms with Gasteiger partial charge in [0.15, 0.2) is 22.5 Å². The molecule has 2 aliphatic heterocycles. The normalized spacial score (nSPS) is 17.2. The fourth-order valence-electron chi connectivity index (χ4n) is 4.28. The van der Waals surface area contributed by atoms with E-state index >= 15 is 0 Å². The van der Waals surface area contributed by atoms with Gasteiger partial charge in [-0.25, -0.2) is 14.2 Å². The zero-order chi connectivity index (χ0) is 25.6. The van der Waals surface area contributed by atoms with Crippen molar-refractivity contribution in [2.24, 2.45) is 7.05 Å². The molecule has 0 radical (unpaired) electrons. The number of methoxy groups -OCH3 is 1. The van der Waals surface area contributed by atoms with Crippen LogP contribution in [0.3, 0.4) is 0 Å². The molecular weight excluding hydrogens is 485 g/mol. The Kier molecular flexibility index (Phi) is 5.74. The Labute approximate surface area is 208 Å². The number of allylic oxidation sites excluding steroid dienone is 1. The number of amides is 3. The second-order valence-corrected chi connectivity index (χ2v) is 9.12. The van der Waals surface area contributed by atoms with E-state index in [4.69, 9.17) is 4.74 Å². The third-order valence-electron chi connectivity index (χ3n) is 5.94. The second-order valence-electron chi connectivity index (χ2n) is 7.97. The molecule has 0 fully saturated rings. The lowest BCUT2D eigenvalue weighted by Gasteiger charge is -2.24. The Hall–Kier alpha value is -4.55. The molecule has 3 amide bonds. The number of carbonyl (C=O) groups excluding carboxylic acids is 2. The molecule has 2 aromatic heterocycles. The highest BCUT2D eigenvalue weighted by Gasteiger charge is 2.52. The van der Waals surface area contributed by atoms with Gasteiger partial charge in [-0.05, 0) is 18.2 Å². The van der Waals surface area contributed by atoms with Crippen molar-refractivity contribution >= 4 is 51.0 Å². The van der Waals surface area contributed by atoms with Crippen LogP contribution in [0.15, 0.2) is 36.9 Å². The third-order valence-corrected chi connectivity index (χ3v) is 7.21. The summed E-state index contributed by atoms with van der Waals surface area (Å²) in [5.74, 6) is -1.23. The lowest BCUT2D eigenvalue weighted by molar-refractivity contribution is -0.425. The number of halogens is 1. The van der Waals surface area contributed by atoms with Gasteiger partial charge in [-0.15, -0.1) is 16.7 Å². The molecule has 0 aliphatic carbocycles. The van der Waals surface area contributed by atoms with Crippen LogP contribution in [0.25, 0.3) is 15.9 Å². The molecule has 12 heteroatoms. The summed E-state index contributed by atoms with van der Waals surface area (Å²) in [5, 5.41) is 17.9. The summed E-state index contributed by atoms with van der Waals surface area (Å²) in [4.78, 5) is 37.4. The lowest BCUT2D eigenvalue weighted by Crippen LogP contribution is -2.55. The van der Waals surface area contributed by atoms with Crippen molar-refractivity contribution in [1.82, 2.24) is 14.5 Å². The maximum Gasteiger partial charge on any atom is 0.506 e. The molecule has 2 aliphatic rings. The molecule has 5 rings (SSSR count). The van der Waals surface area contributed by atoms with Gasteiger partial charge in [-0.2, -0.15) is 19.9 Å². The van der Waals surface area contributed by atoms with Gasteiger partial charge in [0.25, 0.3) is 0 Å². The van der Waals surface area contributed by atoms with Gasteiger partial charge >= 0.3 is 11.9 Å². The summed E-state index contributed by atoms with van der Waals surface area (Å²) in [5.41, 5.74) is 2.19. The van der Waals surface area contributed by atoms with Crippen LogP contribution in [-0.4, -0.2) is 55.7 Å².